The van der Waals surface area contributed by atoms with E-state index in [1.165, 1.54) is 11.3 Å². The predicted octanol–water partition coefficient (Wildman–Crippen LogP) is 3.61. The van der Waals surface area contributed by atoms with Crippen LogP contribution in [0.3, 0.4) is 0 Å². The van der Waals surface area contributed by atoms with Crippen LogP contribution in [0.4, 0.5) is 10.8 Å². The average Bonchev–Trinajstić information content (AvgIpc) is 3.16. The number of benzene rings is 1. The van der Waals surface area contributed by atoms with Crippen LogP contribution < -0.4 is 10.6 Å². The van der Waals surface area contributed by atoms with Crippen LogP contribution in [-0.4, -0.2) is 16.8 Å². The van der Waals surface area contributed by atoms with Gasteiger partial charge in [0, 0.05) is 22.0 Å². The van der Waals surface area contributed by atoms with Crippen molar-refractivity contribution in [2.45, 2.75) is 27.2 Å². The minimum absolute atomic E-state index is 0.0587. The van der Waals surface area contributed by atoms with Crippen LogP contribution in [0, 0.1) is 25.7 Å². The minimum atomic E-state index is -0.201. The molecule has 6 heteroatoms. The molecule has 0 unspecified atom stereocenters. The molecule has 2 atom stereocenters. The Bertz CT molecular complexity index is 732. The monoisotopic (exact) mass is 329 g/mol. The van der Waals surface area contributed by atoms with E-state index in [-0.39, 0.29) is 17.7 Å². The maximum Gasteiger partial charge on any atom is 0.257 e. The van der Waals surface area contributed by atoms with Crippen molar-refractivity contribution in [2.75, 3.05) is 10.6 Å². The van der Waals surface area contributed by atoms with Crippen LogP contribution in [0.25, 0.3) is 0 Å². The topological polar surface area (TPSA) is 71.1 Å². The van der Waals surface area contributed by atoms with Gasteiger partial charge in [-0.05, 0) is 50.5 Å². The van der Waals surface area contributed by atoms with E-state index in [2.05, 4.69) is 22.5 Å². The number of amides is 2. The summed E-state index contributed by atoms with van der Waals surface area (Å²) >= 11 is 1.46. The third-order valence-electron chi connectivity index (χ3n) is 4.11. The van der Waals surface area contributed by atoms with E-state index in [0.29, 0.717) is 22.3 Å². The molecular formula is C17H19N3O2S. The number of rotatable bonds is 4. The first-order chi connectivity index (χ1) is 10.9. The van der Waals surface area contributed by atoms with Crippen LogP contribution in [-0.2, 0) is 4.79 Å². The number of aryl methyl sites for hydroxylation is 2. The molecule has 1 saturated carbocycles. The zero-order valence-corrected chi connectivity index (χ0v) is 14.2. The van der Waals surface area contributed by atoms with Crippen molar-refractivity contribution in [2.24, 2.45) is 11.8 Å². The second-order valence-electron chi connectivity index (χ2n) is 6.00. The molecule has 0 aliphatic heterocycles. The highest BCUT2D eigenvalue weighted by Gasteiger charge is 2.39. The lowest BCUT2D eigenvalue weighted by Crippen LogP contribution is -2.15. The SMILES string of the molecule is Cc1nc(NC(=O)c2ccc(NC(=O)[C@@H]3C[C@H]3C)cc2)sc1C. The largest absolute Gasteiger partial charge is 0.326 e. The van der Waals surface area contributed by atoms with E-state index in [1.54, 1.807) is 24.3 Å². The molecule has 5 nitrogen and oxygen atoms in total. The van der Waals surface area contributed by atoms with Gasteiger partial charge in [-0.1, -0.05) is 6.92 Å². The molecule has 1 fully saturated rings. The first-order valence-electron chi connectivity index (χ1n) is 7.60. The highest BCUT2D eigenvalue weighted by Crippen LogP contribution is 2.38. The van der Waals surface area contributed by atoms with Gasteiger partial charge in [-0.2, -0.15) is 0 Å². The van der Waals surface area contributed by atoms with Crippen molar-refractivity contribution in [1.82, 2.24) is 4.98 Å². The van der Waals surface area contributed by atoms with Gasteiger partial charge in [0.15, 0.2) is 5.13 Å². The fourth-order valence-electron chi connectivity index (χ4n) is 2.32. The van der Waals surface area contributed by atoms with Gasteiger partial charge in [0.1, 0.15) is 0 Å². The summed E-state index contributed by atoms with van der Waals surface area (Å²) < 4.78 is 0. The lowest BCUT2D eigenvalue weighted by atomic mass is 10.2. The van der Waals surface area contributed by atoms with E-state index in [1.807, 2.05) is 13.8 Å². The molecule has 1 aliphatic rings. The van der Waals surface area contributed by atoms with E-state index < -0.39 is 0 Å². The number of hydrogen-bond donors (Lipinski definition) is 2. The minimum Gasteiger partial charge on any atom is -0.326 e. The summed E-state index contributed by atoms with van der Waals surface area (Å²) in [6, 6.07) is 6.90. The van der Waals surface area contributed by atoms with Crippen LogP contribution in [0.5, 0.6) is 0 Å². The number of nitrogens with zero attached hydrogens (tertiary/aromatic N) is 1. The van der Waals surface area contributed by atoms with Gasteiger partial charge < -0.3 is 5.32 Å². The zero-order chi connectivity index (χ0) is 16.6. The van der Waals surface area contributed by atoms with Gasteiger partial charge in [-0.3, -0.25) is 14.9 Å². The quantitative estimate of drug-likeness (QED) is 0.900. The summed E-state index contributed by atoms with van der Waals surface area (Å²) in [5.41, 5.74) is 2.18. The summed E-state index contributed by atoms with van der Waals surface area (Å²) in [4.78, 5) is 29.5. The second kappa shape index (κ2) is 6.12. The number of thiazole rings is 1. The maximum absolute atomic E-state index is 12.2. The van der Waals surface area contributed by atoms with Crippen LogP contribution in [0.2, 0.25) is 0 Å². The van der Waals surface area contributed by atoms with Gasteiger partial charge in [0.25, 0.3) is 5.91 Å². The number of aromatic nitrogens is 1. The summed E-state index contributed by atoms with van der Waals surface area (Å²) in [6.45, 7) is 5.96. The fraction of sp³-hybridized carbons (Fsp3) is 0.353. The molecular weight excluding hydrogens is 310 g/mol. The Kier molecular flexibility index (Phi) is 4.17. The fourth-order valence-corrected chi connectivity index (χ4v) is 3.13. The highest BCUT2D eigenvalue weighted by atomic mass is 32.1. The summed E-state index contributed by atoms with van der Waals surface area (Å²) in [7, 11) is 0. The van der Waals surface area contributed by atoms with Crippen LogP contribution >= 0.6 is 11.3 Å². The summed E-state index contributed by atoms with van der Waals surface area (Å²) in [5.74, 6) is 0.468. The van der Waals surface area contributed by atoms with E-state index in [9.17, 15) is 9.59 Å². The molecule has 0 bridgehead atoms. The normalized spacial score (nSPS) is 19.3. The highest BCUT2D eigenvalue weighted by molar-refractivity contribution is 7.15. The van der Waals surface area contributed by atoms with Gasteiger partial charge in [0.2, 0.25) is 5.91 Å². The predicted molar refractivity (Wildman–Crippen MR) is 91.9 cm³/mol. The van der Waals surface area contributed by atoms with Crippen LogP contribution in [0.15, 0.2) is 24.3 Å². The average molecular weight is 329 g/mol. The Balaban J connectivity index is 1.62. The molecule has 3 rings (SSSR count). The molecule has 1 aromatic carbocycles. The third-order valence-corrected chi connectivity index (χ3v) is 5.10. The number of nitrogens with one attached hydrogen (secondary N) is 2. The van der Waals surface area contributed by atoms with Crippen molar-refractivity contribution in [3.8, 4) is 0 Å². The zero-order valence-electron chi connectivity index (χ0n) is 13.3. The van der Waals surface area contributed by atoms with Crippen LogP contribution in [0.1, 0.15) is 34.3 Å². The number of hydrogen-bond acceptors (Lipinski definition) is 4. The first-order valence-corrected chi connectivity index (χ1v) is 8.42. The van der Waals surface area contributed by atoms with Gasteiger partial charge >= 0.3 is 0 Å². The second-order valence-corrected chi connectivity index (χ2v) is 7.20. The Hall–Kier alpha value is -2.21. The van der Waals surface area contributed by atoms with Crippen molar-refractivity contribution in [1.29, 1.82) is 0 Å². The summed E-state index contributed by atoms with van der Waals surface area (Å²) in [6.07, 6.45) is 0.957. The Morgan fingerprint density at radius 2 is 1.83 bits per heavy atom. The van der Waals surface area contributed by atoms with Gasteiger partial charge in [-0.15, -0.1) is 11.3 Å². The standard InChI is InChI=1S/C17H19N3O2S/c1-9-8-14(9)16(22)19-13-6-4-12(5-7-13)15(21)20-17-18-10(2)11(3)23-17/h4-7,9,14H,8H2,1-3H3,(H,19,22)(H,18,20,21)/t9-,14-/m1/s1. The smallest absolute Gasteiger partial charge is 0.257 e. The number of anilines is 2. The molecule has 0 radical (unpaired) electrons. The van der Waals surface area contributed by atoms with E-state index in [0.717, 1.165) is 17.0 Å². The van der Waals surface area contributed by atoms with Crippen molar-refractivity contribution in [3.63, 3.8) is 0 Å². The Morgan fingerprint density at radius 1 is 1.17 bits per heavy atom. The molecule has 1 aromatic heterocycles. The third kappa shape index (κ3) is 3.59. The Labute approximate surface area is 139 Å². The molecule has 1 heterocycles. The van der Waals surface area contributed by atoms with Gasteiger partial charge in [-0.25, -0.2) is 4.98 Å². The van der Waals surface area contributed by atoms with E-state index in [4.69, 9.17) is 0 Å². The number of carbonyl (C=O) groups is 2. The molecule has 2 N–H and O–H groups in total. The number of carbonyl (C=O) groups excluding carboxylic acids is 2. The molecule has 1 aliphatic carbocycles. The summed E-state index contributed by atoms with van der Waals surface area (Å²) in [5, 5.41) is 6.28. The molecule has 0 saturated heterocycles. The first kappa shape index (κ1) is 15.7. The maximum atomic E-state index is 12.2. The van der Waals surface area contributed by atoms with Crippen molar-refractivity contribution >= 4 is 34.0 Å². The lowest BCUT2D eigenvalue weighted by Gasteiger charge is -2.06. The molecule has 23 heavy (non-hydrogen) atoms. The van der Waals surface area contributed by atoms with Crippen molar-refractivity contribution < 1.29 is 9.59 Å². The molecule has 0 spiro atoms. The lowest BCUT2D eigenvalue weighted by molar-refractivity contribution is -0.117. The van der Waals surface area contributed by atoms with E-state index >= 15 is 0 Å². The van der Waals surface area contributed by atoms with Gasteiger partial charge in [0.05, 0.1) is 5.69 Å². The molecule has 120 valence electrons. The Morgan fingerprint density at radius 3 is 2.35 bits per heavy atom. The van der Waals surface area contributed by atoms with Crippen molar-refractivity contribution in [3.05, 3.63) is 40.4 Å². The molecule has 2 amide bonds. The molecule has 2 aromatic rings.